The van der Waals surface area contributed by atoms with E-state index in [2.05, 4.69) is 20.8 Å². The molecule has 164 valence electrons. The minimum atomic E-state index is -4.64. The Morgan fingerprint density at radius 3 is 2.52 bits per heavy atom. The van der Waals surface area contributed by atoms with Crippen molar-refractivity contribution in [2.75, 3.05) is 17.6 Å². The molecule has 0 aliphatic carbocycles. The SMILES string of the molecule is O=C(CSc1nnc2c(Cl)cc(C(F)(F)F)cn12)NCC(=O)Nc1ccc(F)c(F)c1. The van der Waals surface area contributed by atoms with Crippen LogP contribution in [0.4, 0.5) is 27.6 Å². The molecule has 0 aliphatic rings. The van der Waals surface area contributed by atoms with Gasteiger partial charge in [-0.1, -0.05) is 23.4 Å². The summed E-state index contributed by atoms with van der Waals surface area (Å²) in [7, 11) is 0. The molecule has 1 aromatic carbocycles. The zero-order valence-electron chi connectivity index (χ0n) is 15.1. The molecule has 14 heteroatoms. The number of nitrogens with one attached hydrogen (secondary N) is 2. The molecule has 0 fully saturated rings. The fraction of sp³-hybridized carbons (Fsp3) is 0.176. The summed E-state index contributed by atoms with van der Waals surface area (Å²) in [5.41, 5.74) is -1.02. The van der Waals surface area contributed by atoms with Gasteiger partial charge in [-0.3, -0.25) is 14.0 Å². The number of carbonyl (C=O) groups excluding carboxylic acids is 2. The molecule has 3 rings (SSSR count). The van der Waals surface area contributed by atoms with Gasteiger partial charge in [0, 0.05) is 18.0 Å². The maximum atomic E-state index is 13.1. The van der Waals surface area contributed by atoms with Crippen LogP contribution >= 0.6 is 23.4 Å². The fourth-order valence-corrected chi connectivity index (χ4v) is 3.31. The lowest BCUT2D eigenvalue weighted by molar-refractivity contribution is -0.137. The highest BCUT2D eigenvalue weighted by atomic mass is 35.5. The van der Waals surface area contributed by atoms with Gasteiger partial charge in [0.1, 0.15) is 0 Å². The molecule has 2 aromatic heterocycles. The van der Waals surface area contributed by atoms with Gasteiger partial charge < -0.3 is 10.6 Å². The van der Waals surface area contributed by atoms with E-state index in [1.807, 2.05) is 0 Å². The summed E-state index contributed by atoms with van der Waals surface area (Å²) in [6.45, 7) is -0.469. The first-order valence-electron chi connectivity index (χ1n) is 8.30. The normalized spacial score (nSPS) is 11.5. The Hall–Kier alpha value is -2.93. The van der Waals surface area contributed by atoms with Gasteiger partial charge in [0.15, 0.2) is 22.4 Å². The van der Waals surface area contributed by atoms with Crippen LogP contribution in [0.15, 0.2) is 35.6 Å². The molecule has 0 saturated heterocycles. The van der Waals surface area contributed by atoms with Crippen LogP contribution in [0.1, 0.15) is 5.56 Å². The topological polar surface area (TPSA) is 88.4 Å². The fourth-order valence-electron chi connectivity index (χ4n) is 2.33. The lowest BCUT2D eigenvalue weighted by atomic mass is 10.3. The van der Waals surface area contributed by atoms with E-state index < -0.39 is 41.7 Å². The second-order valence-electron chi connectivity index (χ2n) is 5.99. The molecule has 7 nitrogen and oxygen atoms in total. The van der Waals surface area contributed by atoms with Crippen molar-refractivity contribution in [3.63, 3.8) is 0 Å². The molecule has 3 aromatic rings. The molecule has 2 amide bonds. The molecule has 0 bridgehead atoms. The van der Waals surface area contributed by atoms with Gasteiger partial charge in [0.25, 0.3) is 0 Å². The Balaban J connectivity index is 1.57. The highest BCUT2D eigenvalue weighted by molar-refractivity contribution is 7.99. The Kier molecular flexibility index (Phi) is 6.65. The van der Waals surface area contributed by atoms with Crippen LogP contribution in [0.25, 0.3) is 5.65 Å². The highest BCUT2D eigenvalue weighted by Crippen LogP contribution is 2.33. The van der Waals surface area contributed by atoms with Crippen LogP contribution in [0.2, 0.25) is 5.02 Å². The van der Waals surface area contributed by atoms with E-state index in [1.54, 1.807) is 0 Å². The first-order valence-corrected chi connectivity index (χ1v) is 9.67. The number of hydrogen-bond acceptors (Lipinski definition) is 5. The number of benzene rings is 1. The van der Waals surface area contributed by atoms with E-state index in [-0.39, 0.29) is 27.3 Å². The Morgan fingerprint density at radius 2 is 1.84 bits per heavy atom. The van der Waals surface area contributed by atoms with Gasteiger partial charge in [0.05, 0.1) is 22.9 Å². The summed E-state index contributed by atoms with van der Waals surface area (Å²) in [6, 6.07) is 3.48. The Morgan fingerprint density at radius 1 is 1.10 bits per heavy atom. The van der Waals surface area contributed by atoms with E-state index in [9.17, 15) is 31.5 Å². The summed E-state index contributed by atoms with van der Waals surface area (Å²) in [5.74, 6) is -3.83. The van der Waals surface area contributed by atoms with E-state index in [4.69, 9.17) is 11.6 Å². The smallest absolute Gasteiger partial charge is 0.346 e. The Bertz CT molecular complexity index is 1150. The highest BCUT2D eigenvalue weighted by Gasteiger charge is 2.32. The number of pyridine rings is 1. The van der Waals surface area contributed by atoms with Crippen molar-refractivity contribution in [2.24, 2.45) is 0 Å². The van der Waals surface area contributed by atoms with Crippen LogP contribution in [0, 0.1) is 11.6 Å². The molecule has 0 saturated carbocycles. The molecule has 2 heterocycles. The van der Waals surface area contributed by atoms with E-state index >= 15 is 0 Å². The number of aromatic nitrogens is 3. The van der Waals surface area contributed by atoms with Crippen molar-refractivity contribution in [2.45, 2.75) is 11.3 Å². The number of rotatable bonds is 6. The summed E-state index contributed by atoms with van der Waals surface area (Å²) >= 11 is 6.59. The third-order valence-electron chi connectivity index (χ3n) is 3.74. The number of hydrogen-bond donors (Lipinski definition) is 2. The second kappa shape index (κ2) is 9.06. The minimum absolute atomic E-state index is 0.000184. The summed E-state index contributed by atoms with van der Waals surface area (Å²) < 4.78 is 65.9. The number of halogens is 6. The number of carbonyl (C=O) groups is 2. The zero-order valence-corrected chi connectivity index (χ0v) is 16.7. The van der Waals surface area contributed by atoms with Crippen molar-refractivity contribution < 1.29 is 31.5 Å². The largest absolute Gasteiger partial charge is 0.417 e. The molecule has 2 N–H and O–H groups in total. The molecule has 0 radical (unpaired) electrons. The molecule has 0 unspecified atom stereocenters. The molecule has 31 heavy (non-hydrogen) atoms. The van der Waals surface area contributed by atoms with E-state index in [0.717, 1.165) is 46.6 Å². The molecular weight excluding hydrogens is 469 g/mol. The number of amides is 2. The first kappa shape index (κ1) is 22.7. The van der Waals surface area contributed by atoms with Crippen molar-refractivity contribution in [1.82, 2.24) is 19.9 Å². The van der Waals surface area contributed by atoms with E-state index in [0.29, 0.717) is 0 Å². The predicted molar refractivity (Wildman–Crippen MR) is 102 cm³/mol. The zero-order chi connectivity index (χ0) is 22.8. The molecule has 0 aliphatic heterocycles. The van der Waals surface area contributed by atoms with Crippen molar-refractivity contribution in [3.8, 4) is 0 Å². The third kappa shape index (κ3) is 5.61. The number of alkyl halides is 3. The Labute approximate surface area is 180 Å². The van der Waals surface area contributed by atoms with Crippen molar-refractivity contribution in [3.05, 3.63) is 52.7 Å². The van der Waals surface area contributed by atoms with Gasteiger partial charge in [-0.25, -0.2) is 8.78 Å². The van der Waals surface area contributed by atoms with E-state index in [1.165, 1.54) is 0 Å². The van der Waals surface area contributed by atoms with Gasteiger partial charge in [-0.15, -0.1) is 10.2 Å². The summed E-state index contributed by atoms with van der Waals surface area (Å²) in [5, 5.41) is 11.7. The second-order valence-corrected chi connectivity index (χ2v) is 7.34. The van der Waals surface area contributed by atoms with Crippen LogP contribution in [0.5, 0.6) is 0 Å². The quantitative estimate of drug-likeness (QED) is 0.417. The maximum Gasteiger partial charge on any atom is 0.417 e. The summed E-state index contributed by atoms with van der Waals surface area (Å²) in [4.78, 5) is 23.7. The molecule has 0 atom stereocenters. The first-order chi connectivity index (χ1) is 14.5. The van der Waals surface area contributed by atoms with Crippen LogP contribution in [-0.4, -0.2) is 38.7 Å². The summed E-state index contributed by atoms with van der Waals surface area (Å²) in [6.07, 6.45) is -3.88. The molecular formula is C17H11ClF5N5O2S. The number of nitrogens with zero attached hydrogens (tertiary/aromatic N) is 3. The van der Waals surface area contributed by atoms with Crippen LogP contribution in [-0.2, 0) is 15.8 Å². The predicted octanol–water partition coefficient (Wildman–Crippen LogP) is 3.53. The van der Waals surface area contributed by atoms with Gasteiger partial charge >= 0.3 is 6.18 Å². The minimum Gasteiger partial charge on any atom is -0.346 e. The van der Waals surface area contributed by atoms with Crippen LogP contribution in [0.3, 0.4) is 0 Å². The molecule has 0 spiro atoms. The maximum absolute atomic E-state index is 13.1. The standard InChI is InChI=1S/C17H11ClF5N5O2S/c18-10-3-8(17(21,22)23)6-28-15(10)26-27-16(28)31-7-14(30)24-5-13(29)25-9-1-2-11(19)12(20)4-9/h1-4,6H,5,7H2,(H,24,30)(H,25,29). The monoisotopic (exact) mass is 479 g/mol. The van der Waals surface area contributed by atoms with Gasteiger partial charge in [0.2, 0.25) is 11.8 Å². The van der Waals surface area contributed by atoms with Crippen molar-refractivity contribution in [1.29, 1.82) is 0 Å². The number of anilines is 1. The average Bonchev–Trinajstić information content (AvgIpc) is 3.10. The van der Waals surface area contributed by atoms with Crippen LogP contribution < -0.4 is 10.6 Å². The van der Waals surface area contributed by atoms with Crippen molar-refractivity contribution >= 4 is 46.5 Å². The third-order valence-corrected chi connectivity index (χ3v) is 4.96. The lowest BCUT2D eigenvalue weighted by Gasteiger charge is -2.09. The van der Waals surface area contributed by atoms with Gasteiger partial charge in [-0.2, -0.15) is 13.2 Å². The number of thioether (sulfide) groups is 1. The van der Waals surface area contributed by atoms with Gasteiger partial charge in [-0.05, 0) is 18.2 Å². The number of fused-ring (bicyclic) bond motifs is 1. The average molecular weight is 480 g/mol. The lowest BCUT2D eigenvalue weighted by Crippen LogP contribution is -2.33.